The number of carbonyl (C=O) groups is 2. The molecule has 0 spiro atoms. The summed E-state index contributed by atoms with van der Waals surface area (Å²) in [5, 5.41) is 2.86. The number of nitrogens with zero attached hydrogens (tertiary/aromatic N) is 2. The molecule has 0 aromatic carbocycles. The highest BCUT2D eigenvalue weighted by Crippen LogP contribution is 2.22. The van der Waals surface area contributed by atoms with Crippen LogP contribution >= 0.6 is 0 Å². The molecule has 0 aromatic heterocycles. The van der Waals surface area contributed by atoms with Crippen molar-refractivity contribution in [1.29, 1.82) is 0 Å². The number of nitrogens with one attached hydrogen (secondary N) is 1. The maximum absolute atomic E-state index is 11.9. The van der Waals surface area contributed by atoms with Crippen molar-refractivity contribution in [2.24, 2.45) is 0 Å². The standard InChI is InChI=1S/C14H27N3O2/c1-12(18)17(13-7-5-4-6-8-13)11-14(19)15-9-10-16(2)3/h13H,4-11H2,1-3H3,(H,15,19). The fraction of sp³-hybridized carbons (Fsp3) is 0.857. The van der Waals surface area contributed by atoms with Gasteiger partial charge in [0, 0.05) is 26.1 Å². The second kappa shape index (κ2) is 8.15. The summed E-state index contributed by atoms with van der Waals surface area (Å²) in [7, 11) is 3.94. The van der Waals surface area contributed by atoms with Crippen LogP contribution in [-0.2, 0) is 9.59 Å². The molecule has 5 heteroatoms. The number of amides is 2. The summed E-state index contributed by atoms with van der Waals surface area (Å²) in [5.41, 5.74) is 0. The molecule has 1 aliphatic rings. The van der Waals surface area contributed by atoms with Gasteiger partial charge in [0.25, 0.3) is 0 Å². The molecule has 19 heavy (non-hydrogen) atoms. The van der Waals surface area contributed by atoms with Gasteiger partial charge in [-0.2, -0.15) is 0 Å². The van der Waals surface area contributed by atoms with Crippen LogP contribution in [-0.4, -0.2) is 61.4 Å². The zero-order chi connectivity index (χ0) is 14.3. The molecule has 0 atom stereocenters. The van der Waals surface area contributed by atoms with Gasteiger partial charge >= 0.3 is 0 Å². The van der Waals surface area contributed by atoms with Gasteiger partial charge in [0.2, 0.25) is 11.8 Å². The van der Waals surface area contributed by atoms with Crippen molar-refractivity contribution in [3.05, 3.63) is 0 Å². The van der Waals surface area contributed by atoms with Gasteiger partial charge in [0.1, 0.15) is 0 Å². The van der Waals surface area contributed by atoms with Crippen molar-refractivity contribution in [3.63, 3.8) is 0 Å². The molecule has 0 bridgehead atoms. The van der Waals surface area contributed by atoms with E-state index in [9.17, 15) is 9.59 Å². The first-order valence-corrected chi connectivity index (χ1v) is 7.19. The molecule has 0 aromatic rings. The van der Waals surface area contributed by atoms with E-state index in [4.69, 9.17) is 0 Å². The Morgan fingerprint density at radius 2 is 1.79 bits per heavy atom. The molecule has 0 radical (unpaired) electrons. The first-order valence-electron chi connectivity index (χ1n) is 7.19. The summed E-state index contributed by atoms with van der Waals surface area (Å²) in [5.74, 6) is -0.0442. The molecule has 0 heterocycles. The first-order chi connectivity index (χ1) is 9.00. The van der Waals surface area contributed by atoms with E-state index in [0.717, 1.165) is 32.2 Å². The first kappa shape index (κ1) is 16.0. The Labute approximate surface area is 116 Å². The van der Waals surface area contributed by atoms with Crippen LogP contribution in [0.4, 0.5) is 0 Å². The second-order valence-electron chi connectivity index (χ2n) is 5.59. The number of carbonyl (C=O) groups excluding carboxylic acids is 2. The summed E-state index contributed by atoms with van der Waals surface area (Å²) in [4.78, 5) is 27.3. The average Bonchev–Trinajstić information content (AvgIpc) is 2.36. The Kier molecular flexibility index (Phi) is 6.84. The molecule has 2 amide bonds. The molecule has 110 valence electrons. The summed E-state index contributed by atoms with van der Waals surface area (Å²) < 4.78 is 0. The van der Waals surface area contributed by atoms with Crippen molar-refractivity contribution in [2.75, 3.05) is 33.7 Å². The monoisotopic (exact) mass is 269 g/mol. The lowest BCUT2D eigenvalue weighted by atomic mass is 9.94. The SMILES string of the molecule is CC(=O)N(CC(=O)NCCN(C)C)C1CCCCC1. The third kappa shape index (κ3) is 6.05. The summed E-state index contributed by atoms with van der Waals surface area (Å²) in [6, 6.07) is 0.255. The van der Waals surface area contributed by atoms with Gasteiger partial charge in [-0.15, -0.1) is 0 Å². The topological polar surface area (TPSA) is 52.7 Å². The highest BCUT2D eigenvalue weighted by atomic mass is 16.2. The van der Waals surface area contributed by atoms with Crippen molar-refractivity contribution in [2.45, 2.75) is 45.1 Å². The Morgan fingerprint density at radius 1 is 1.16 bits per heavy atom. The quantitative estimate of drug-likeness (QED) is 0.777. The minimum Gasteiger partial charge on any atom is -0.353 e. The average molecular weight is 269 g/mol. The smallest absolute Gasteiger partial charge is 0.239 e. The van der Waals surface area contributed by atoms with Crippen LogP contribution in [0.25, 0.3) is 0 Å². The number of likely N-dealkylation sites (N-methyl/N-ethyl adjacent to an activating group) is 1. The Hall–Kier alpha value is -1.10. The van der Waals surface area contributed by atoms with Crippen LogP contribution in [0.1, 0.15) is 39.0 Å². The van der Waals surface area contributed by atoms with Gasteiger partial charge < -0.3 is 15.1 Å². The highest BCUT2D eigenvalue weighted by molar-refractivity contribution is 5.83. The normalized spacial score (nSPS) is 16.4. The third-order valence-corrected chi connectivity index (χ3v) is 3.62. The Bertz CT molecular complexity index is 299. The molecule has 0 saturated heterocycles. The van der Waals surface area contributed by atoms with Crippen molar-refractivity contribution >= 4 is 11.8 Å². The van der Waals surface area contributed by atoms with E-state index in [0.29, 0.717) is 6.54 Å². The van der Waals surface area contributed by atoms with Crippen LogP contribution < -0.4 is 5.32 Å². The van der Waals surface area contributed by atoms with Gasteiger partial charge in [0.15, 0.2) is 0 Å². The zero-order valence-electron chi connectivity index (χ0n) is 12.4. The minimum atomic E-state index is -0.0531. The summed E-state index contributed by atoms with van der Waals surface area (Å²) >= 11 is 0. The number of hydrogen-bond donors (Lipinski definition) is 1. The van der Waals surface area contributed by atoms with Crippen molar-refractivity contribution in [1.82, 2.24) is 15.1 Å². The van der Waals surface area contributed by atoms with Crippen LogP contribution in [0, 0.1) is 0 Å². The van der Waals surface area contributed by atoms with E-state index >= 15 is 0 Å². The predicted molar refractivity (Wildman–Crippen MR) is 75.8 cm³/mol. The number of hydrogen-bond acceptors (Lipinski definition) is 3. The molecule has 1 aliphatic carbocycles. The Balaban J connectivity index is 2.39. The van der Waals surface area contributed by atoms with E-state index in [1.54, 1.807) is 11.8 Å². The summed E-state index contributed by atoms with van der Waals surface area (Å²) in [6.45, 7) is 3.20. The van der Waals surface area contributed by atoms with Gasteiger partial charge in [-0.05, 0) is 26.9 Å². The molecule has 5 nitrogen and oxygen atoms in total. The molecule has 0 aliphatic heterocycles. The molecule has 1 N–H and O–H groups in total. The molecule has 1 fully saturated rings. The van der Waals surface area contributed by atoms with E-state index in [1.807, 2.05) is 19.0 Å². The number of rotatable bonds is 6. The van der Waals surface area contributed by atoms with Crippen molar-refractivity contribution in [3.8, 4) is 0 Å². The van der Waals surface area contributed by atoms with Gasteiger partial charge in [-0.1, -0.05) is 19.3 Å². The van der Waals surface area contributed by atoms with E-state index in [1.165, 1.54) is 6.42 Å². The lowest BCUT2D eigenvalue weighted by Gasteiger charge is -2.33. The molecular formula is C14H27N3O2. The van der Waals surface area contributed by atoms with Gasteiger partial charge in [0.05, 0.1) is 6.54 Å². The van der Waals surface area contributed by atoms with Gasteiger partial charge in [-0.3, -0.25) is 9.59 Å². The van der Waals surface area contributed by atoms with E-state index < -0.39 is 0 Å². The van der Waals surface area contributed by atoms with E-state index in [-0.39, 0.29) is 24.4 Å². The highest BCUT2D eigenvalue weighted by Gasteiger charge is 2.24. The van der Waals surface area contributed by atoms with Crippen LogP contribution in [0.5, 0.6) is 0 Å². The van der Waals surface area contributed by atoms with E-state index in [2.05, 4.69) is 5.32 Å². The lowest BCUT2D eigenvalue weighted by molar-refractivity contribution is -0.137. The largest absolute Gasteiger partial charge is 0.353 e. The molecular weight excluding hydrogens is 242 g/mol. The zero-order valence-corrected chi connectivity index (χ0v) is 12.4. The van der Waals surface area contributed by atoms with Crippen molar-refractivity contribution < 1.29 is 9.59 Å². The third-order valence-electron chi connectivity index (χ3n) is 3.62. The predicted octanol–water partition coefficient (Wildman–Crippen LogP) is 0.845. The maximum Gasteiger partial charge on any atom is 0.239 e. The maximum atomic E-state index is 11.9. The second-order valence-corrected chi connectivity index (χ2v) is 5.59. The minimum absolute atomic E-state index is 0.00894. The Morgan fingerprint density at radius 3 is 2.32 bits per heavy atom. The lowest BCUT2D eigenvalue weighted by Crippen LogP contribution is -2.47. The molecule has 1 rings (SSSR count). The van der Waals surface area contributed by atoms with Crippen LogP contribution in [0.15, 0.2) is 0 Å². The fourth-order valence-corrected chi connectivity index (χ4v) is 2.52. The van der Waals surface area contributed by atoms with Crippen LogP contribution in [0.3, 0.4) is 0 Å². The fourth-order valence-electron chi connectivity index (χ4n) is 2.52. The summed E-state index contributed by atoms with van der Waals surface area (Å²) in [6.07, 6.45) is 5.64. The van der Waals surface area contributed by atoms with Gasteiger partial charge in [-0.25, -0.2) is 0 Å². The molecule has 1 saturated carbocycles. The molecule has 0 unspecified atom stereocenters. The van der Waals surface area contributed by atoms with Crippen LogP contribution in [0.2, 0.25) is 0 Å².